The fourth-order valence-corrected chi connectivity index (χ4v) is 2.99. The van der Waals surface area contributed by atoms with Crippen molar-refractivity contribution >= 4 is 28.3 Å². The van der Waals surface area contributed by atoms with E-state index in [1.165, 1.54) is 14.8 Å². The second-order valence-electron chi connectivity index (χ2n) is 3.90. The summed E-state index contributed by atoms with van der Waals surface area (Å²) < 4.78 is 1.38. The van der Waals surface area contributed by atoms with Gasteiger partial charge < -0.3 is 5.32 Å². The largest absolute Gasteiger partial charge is 0.384 e. The predicted molar refractivity (Wildman–Crippen MR) is 60.7 cm³/mol. The van der Waals surface area contributed by atoms with Crippen LogP contribution in [0.5, 0.6) is 0 Å². The molecule has 0 aromatic heterocycles. The summed E-state index contributed by atoms with van der Waals surface area (Å²) in [6, 6.07) is 6.44. The monoisotopic (exact) mass is 273 g/mol. The third-order valence-electron chi connectivity index (χ3n) is 2.41. The van der Waals surface area contributed by atoms with E-state index in [1.54, 1.807) is 0 Å². The van der Waals surface area contributed by atoms with Gasteiger partial charge in [-0.2, -0.15) is 0 Å². The van der Waals surface area contributed by atoms with E-state index in [9.17, 15) is 0 Å². The topological polar surface area (TPSA) is 12.0 Å². The van der Waals surface area contributed by atoms with Crippen molar-refractivity contribution < 1.29 is 0 Å². The van der Waals surface area contributed by atoms with Gasteiger partial charge in [-0.05, 0) is 40.3 Å². The Morgan fingerprint density at radius 3 is 2.83 bits per heavy atom. The number of benzene rings is 1. The maximum absolute atomic E-state index is 3.43. The summed E-state index contributed by atoms with van der Waals surface area (Å²) in [5.74, 6) is 0. The lowest BCUT2D eigenvalue weighted by Crippen LogP contribution is -2.19. The first-order chi connectivity index (χ1) is 5.61. The molecule has 0 fully saturated rings. The molecule has 0 saturated heterocycles. The molecule has 0 unspecified atom stereocenters. The minimum absolute atomic E-state index is 0.299. The van der Waals surface area contributed by atoms with Crippen LogP contribution in [0.1, 0.15) is 19.4 Å². The zero-order valence-electron chi connectivity index (χ0n) is 7.32. The third-order valence-corrected chi connectivity index (χ3v) is 3.31. The van der Waals surface area contributed by atoms with Gasteiger partial charge in [-0.25, -0.2) is 0 Å². The molecule has 12 heavy (non-hydrogen) atoms. The minimum Gasteiger partial charge on any atom is -0.384 e. The maximum atomic E-state index is 3.43. The van der Waals surface area contributed by atoms with Gasteiger partial charge in [-0.3, -0.25) is 0 Å². The summed E-state index contributed by atoms with van der Waals surface area (Å²) in [4.78, 5) is 0. The molecule has 2 heteroatoms. The molecule has 1 nitrogen and oxygen atoms in total. The lowest BCUT2D eigenvalue weighted by atomic mass is 9.87. The summed E-state index contributed by atoms with van der Waals surface area (Å²) in [6.07, 6.45) is 0. The Morgan fingerprint density at radius 1 is 1.42 bits per heavy atom. The number of nitrogens with one attached hydrogen (secondary N) is 1. The number of anilines is 1. The summed E-state index contributed by atoms with van der Waals surface area (Å²) in [5.41, 5.74) is 3.09. The zero-order valence-corrected chi connectivity index (χ0v) is 9.47. The molecular weight excluding hydrogens is 261 g/mol. The van der Waals surface area contributed by atoms with Crippen LogP contribution in [0.25, 0.3) is 0 Å². The van der Waals surface area contributed by atoms with Gasteiger partial charge in [0.2, 0.25) is 0 Å². The molecule has 0 bridgehead atoms. The second kappa shape index (κ2) is 2.62. The third kappa shape index (κ3) is 1.13. The van der Waals surface area contributed by atoms with Gasteiger partial charge in [-0.15, -0.1) is 0 Å². The van der Waals surface area contributed by atoms with Crippen LogP contribution in [-0.4, -0.2) is 6.54 Å². The first kappa shape index (κ1) is 8.35. The fraction of sp³-hybridized carbons (Fsp3) is 0.400. The highest BCUT2D eigenvalue weighted by Crippen LogP contribution is 2.38. The molecule has 1 aliphatic heterocycles. The van der Waals surface area contributed by atoms with E-state index in [4.69, 9.17) is 0 Å². The molecule has 0 atom stereocenters. The quantitative estimate of drug-likeness (QED) is 0.716. The second-order valence-corrected chi connectivity index (χ2v) is 5.06. The summed E-state index contributed by atoms with van der Waals surface area (Å²) in [6.45, 7) is 5.63. The van der Waals surface area contributed by atoms with E-state index in [0.29, 0.717) is 5.41 Å². The number of halogens is 1. The Labute approximate surface area is 86.7 Å². The minimum atomic E-state index is 0.299. The van der Waals surface area contributed by atoms with Gasteiger partial charge in [0.15, 0.2) is 0 Å². The smallest absolute Gasteiger partial charge is 0.0389 e. The van der Waals surface area contributed by atoms with E-state index < -0.39 is 0 Å². The molecule has 64 valence electrons. The van der Waals surface area contributed by atoms with Crippen molar-refractivity contribution in [3.63, 3.8) is 0 Å². The molecule has 0 radical (unpaired) electrons. The molecule has 0 aliphatic carbocycles. The lowest BCUT2D eigenvalue weighted by Gasteiger charge is -2.18. The first-order valence-corrected chi connectivity index (χ1v) is 5.22. The Morgan fingerprint density at radius 2 is 2.17 bits per heavy atom. The molecule has 1 aliphatic rings. The Kier molecular flexibility index (Phi) is 1.82. The number of fused-ring (bicyclic) bond motifs is 1. The van der Waals surface area contributed by atoms with Gasteiger partial charge in [0.25, 0.3) is 0 Å². The molecule has 0 spiro atoms. The van der Waals surface area contributed by atoms with Crippen LogP contribution in [0.2, 0.25) is 0 Å². The first-order valence-electron chi connectivity index (χ1n) is 4.14. The highest BCUT2D eigenvalue weighted by atomic mass is 127. The Bertz CT molecular complexity index is 318. The molecule has 1 N–H and O–H groups in total. The number of hydrogen-bond donors (Lipinski definition) is 1. The van der Waals surface area contributed by atoms with Crippen LogP contribution in [-0.2, 0) is 5.41 Å². The molecule has 2 rings (SSSR count). The molecule has 1 heterocycles. The number of hydrogen-bond acceptors (Lipinski definition) is 1. The molecule has 0 saturated carbocycles. The summed E-state index contributed by atoms with van der Waals surface area (Å²) in [5, 5.41) is 3.43. The highest BCUT2D eigenvalue weighted by Gasteiger charge is 2.31. The van der Waals surface area contributed by atoms with Gasteiger partial charge >= 0.3 is 0 Å². The van der Waals surface area contributed by atoms with Crippen molar-refractivity contribution in [2.45, 2.75) is 19.3 Å². The molecule has 1 aromatic carbocycles. The summed E-state index contributed by atoms with van der Waals surface area (Å²) >= 11 is 2.41. The lowest BCUT2D eigenvalue weighted by molar-refractivity contribution is 0.583. The van der Waals surface area contributed by atoms with Crippen molar-refractivity contribution in [3.05, 3.63) is 27.3 Å². The van der Waals surface area contributed by atoms with Crippen LogP contribution in [0.3, 0.4) is 0 Å². The molecular formula is C10H12IN. The Balaban J connectivity index is 2.64. The van der Waals surface area contributed by atoms with Crippen LogP contribution in [0.15, 0.2) is 18.2 Å². The van der Waals surface area contributed by atoms with Crippen molar-refractivity contribution in [3.8, 4) is 0 Å². The van der Waals surface area contributed by atoms with Crippen molar-refractivity contribution in [2.24, 2.45) is 0 Å². The van der Waals surface area contributed by atoms with Crippen LogP contribution in [0.4, 0.5) is 5.69 Å². The van der Waals surface area contributed by atoms with E-state index in [0.717, 1.165) is 6.54 Å². The average Bonchev–Trinajstić information content (AvgIpc) is 2.29. The highest BCUT2D eigenvalue weighted by molar-refractivity contribution is 14.1. The normalized spacial score (nSPS) is 18.6. The fourth-order valence-electron chi connectivity index (χ4n) is 1.76. The van der Waals surface area contributed by atoms with E-state index in [1.807, 2.05) is 0 Å². The SMILES string of the molecule is CC1(C)CNc2cccc(I)c21. The van der Waals surface area contributed by atoms with Crippen molar-refractivity contribution in [1.82, 2.24) is 0 Å². The van der Waals surface area contributed by atoms with Crippen LogP contribution in [0, 0.1) is 3.57 Å². The van der Waals surface area contributed by atoms with Crippen molar-refractivity contribution in [2.75, 3.05) is 11.9 Å². The number of rotatable bonds is 0. The van der Waals surface area contributed by atoms with E-state index in [-0.39, 0.29) is 0 Å². The zero-order chi connectivity index (χ0) is 8.77. The molecule has 1 aromatic rings. The van der Waals surface area contributed by atoms with E-state index >= 15 is 0 Å². The standard InChI is InChI=1S/C10H12IN/c1-10(2)6-12-8-5-3-4-7(11)9(8)10/h3-5,12H,6H2,1-2H3. The van der Waals surface area contributed by atoms with Gasteiger partial charge in [0, 0.05) is 21.2 Å². The van der Waals surface area contributed by atoms with Crippen LogP contribution < -0.4 is 5.32 Å². The summed E-state index contributed by atoms with van der Waals surface area (Å²) in [7, 11) is 0. The predicted octanol–water partition coefficient (Wildman–Crippen LogP) is 2.99. The molecule has 0 amide bonds. The van der Waals surface area contributed by atoms with E-state index in [2.05, 4.69) is 60.0 Å². The maximum Gasteiger partial charge on any atom is 0.0389 e. The van der Waals surface area contributed by atoms with Gasteiger partial charge in [0.1, 0.15) is 0 Å². The van der Waals surface area contributed by atoms with Gasteiger partial charge in [-0.1, -0.05) is 19.9 Å². The van der Waals surface area contributed by atoms with Crippen molar-refractivity contribution in [1.29, 1.82) is 0 Å². The van der Waals surface area contributed by atoms with Gasteiger partial charge in [0.05, 0.1) is 0 Å². The average molecular weight is 273 g/mol. The Hall–Kier alpha value is -0.250. The van der Waals surface area contributed by atoms with Crippen LogP contribution >= 0.6 is 22.6 Å².